The molecule has 6 nitrogen and oxygen atoms in total. The smallest absolute Gasteiger partial charge is 0.224 e. The highest BCUT2D eigenvalue weighted by atomic mass is 16.3. The Morgan fingerprint density at radius 2 is 1.79 bits per heavy atom. The number of rotatable bonds is 6. The van der Waals surface area contributed by atoms with Crippen LogP contribution in [0.1, 0.15) is 45.6 Å². The van der Waals surface area contributed by atoms with Crippen LogP contribution in [0.2, 0.25) is 0 Å². The Hall–Kier alpha value is -2.76. The van der Waals surface area contributed by atoms with Gasteiger partial charge in [-0.1, -0.05) is 32.9 Å². The summed E-state index contributed by atoms with van der Waals surface area (Å²) in [6, 6.07) is 10.9. The molecule has 6 heteroatoms. The molecule has 0 saturated carbocycles. The van der Waals surface area contributed by atoms with Crippen LogP contribution in [0.5, 0.6) is 5.75 Å². The van der Waals surface area contributed by atoms with Gasteiger partial charge in [0.15, 0.2) is 5.82 Å². The number of amides is 1. The maximum Gasteiger partial charge on any atom is 0.224 e. The van der Waals surface area contributed by atoms with Crippen molar-refractivity contribution in [1.29, 1.82) is 0 Å². The van der Waals surface area contributed by atoms with E-state index in [2.05, 4.69) is 36.3 Å². The van der Waals surface area contributed by atoms with Crippen molar-refractivity contribution in [2.75, 3.05) is 28.6 Å². The number of hydrogen-bond acceptors (Lipinski definition) is 5. The summed E-state index contributed by atoms with van der Waals surface area (Å²) in [5.41, 5.74) is 1.77. The Kier molecular flexibility index (Phi) is 6.07. The molecule has 1 aromatic carbocycles. The van der Waals surface area contributed by atoms with Gasteiger partial charge < -0.3 is 20.6 Å². The van der Waals surface area contributed by atoms with Gasteiger partial charge in [-0.25, -0.2) is 4.98 Å². The van der Waals surface area contributed by atoms with E-state index in [1.807, 2.05) is 24.3 Å². The van der Waals surface area contributed by atoms with Crippen LogP contribution in [0.4, 0.5) is 17.3 Å². The van der Waals surface area contributed by atoms with Gasteiger partial charge in [0.05, 0.1) is 5.69 Å². The van der Waals surface area contributed by atoms with E-state index in [0.29, 0.717) is 13.0 Å². The normalized spacial score (nSPS) is 14.2. The molecule has 0 aliphatic carbocycles. The molecular formula is C22H30N4O2. The third-order valence-electron chi connectivity index (χ3n) is 4.66. The number of pyridine rings is 1. The van der Waals surface area contributed by atoms with Gasteiger partial charge in [0.25, 0.3) is 0 Å². The van der Waals surface area contributed by atoms with E-state index in [1.54, 1.807) is 12.1 Å². The number of benzene rings is 1. The first-order chi connectivity index (χ1) is 13.3. The fourth-order valence-corrected chi connectivity index (χ4v) is 3.30. The fraction of sp³-hybridized carbons (Fsp3) is 0.455. The summed E-state index contributed by atoms with van der Waals surface area (Å²) < 4.78 is 0. The highest BCUT2D eigenvalue weighted by Crippen LogP contribution is 2.30. The lowest BCUT2D eigenvalue weighted by atomic mass is 9.92. The molecule has 0 atom stereocenters. The number of phenolic OH excluding ortho intramolecular Hbond substituents is 1. The molecule has 2 aromatic rings. The quantitative estimate of drug-likeness (QED) is 0.691. The predicted molar refractivity (Wildman–Crippen MR) is 114 cm³/mol. The molecule has 1 aromatic heterocycles. The number of carbonyl (C=O) groups is 1. The summed E-state index contributed by atoms with van der Waals surface area (Å²) in [5, 5.41) is 15.8. The van der Waals surface area contributed by atoms with Gasteiger partial charge >= 0.3 is 0 Å². The predicted octanol–water partition coefficient (Wildman–Crippen LogP) is 4.37. The van der Waals surface area contributed by atoms with Crippen LogP contribution in [0.3, 0.4) is 0 Å². The largest absolute Gasteiger partial charge is 0.508 e. The average molecular weight is 383 g/mol. The molecule has 3 N–H and O–H groups in total. The van der Waals surface area contributed by atoms with Gasteiger partial charge in [-0.05, 0) is 48.1 Å². The molecule has 1 saturated heterocycles. The van der Waals surface area contributed by atoms with Crippen LogP contribution in [-0.2, 0) is 11.3 Å². The molecule has 0 spiro atoms. The van der Waals surface area contributed by atoms with Crippen molar-refractivity contribution in [2.45, 2.75) is 46.6 Å². The third kappa shape index (κ3) is 5.62. The second-order valence-corrected chi connectivity index (χ2v) is 8.57. The van der Waals surface area contributed by atoms with Gasteiger partial charge in [0, 0.05) is 26.1 Å². The second kappa shape index (κ2) is 8.50. The molecule has 0 unspecified atom stereocenters. The third-order valence-corrected chi connectivity index (χ3v) is 4.66. The van der Waals surface area contributed by atoms with Gasteiger partial charge in [-0.3, -0.25) is 4.79 Å². The summed E-state index contributed by atoms with van der Waals surface area (Å²) in [6.45, 7) is 8.70. The SMILES string of the molecule is CC(C)(C)CC(=O)Nc1ccc(NCc2ccc(O)cc2)nc1N1CCCC1. The van der Waals surface area contributed by atoms with Crippen molar-refractivity contribution in [3.8, 4) is 5.75 Å². The van der Waals surface area contributed by atoms with Crippen LogP contribution in [0.25, 0.3) is 0 Å². The zero-order chi connectivity index (χ0) is 20.1. The lowest BCUT2D eigenvalue weighted by Gasteiger charge is -2.23. The van der Waals surface area contributed by atoms with Crippen LogP contribution < -0.4 is 15.5 Å². The number of aromatic hydroxyl groups is 1. The monoisotopic (exact) mass is 382 g/mol. The van der Waals surface area contributed by atoms with Gasteiger partial charge in [0.1, 0.15) is 11.6 Å². The number of nitrogens with zero attached hydrogens (tertiary/aromatic N) is 2. The van der Waals surface area contributed by atoms with E-state index in [0.717, 1.165) is 48.8 Å². The molecule has 28 heavy (non-hydrogen) atoms. The Morgan fingerprint density at radius 1 is 1.11 bits per heavy atom. The van der Waals surface area contributed by atoms with E-state index >= 15 is 0 Å². The Labute approximate surface area is 167 Å². The summed E-state index contributed by atoms with van der Waals surface area (Å²) in [7, 11) is 0. The number of aromatic nitrogens is 1. The lowest BCUT2D eigenvalue weighted by molar-refractivity contribution is -0.117. The number of nitrogens with one attached hydrogen (secondary N) is 2. The summed E-state index contributed by atoms with van der Waals surface area (Å²) in [5.74, 6) is 1.87. The molecule has 1 amide bonds. The molecular weight excluding hydrogens is 352 g/mol. The van der Waals surface area contributed by atoms with Crippen LogP contribution >= 0.6 is 0 Å². The van der Waals surface area contributed by atoms with Crippen LogP contribution in [0, 0.1) is 5.41 Å². The molecule has 0 bridgehead atoms. The lowest BCUT2D eigenvalue weighted by Crippen LogP contribution is -2.24. The average Bonchev–Trinajstić information content (AvgIpc) is 3.15. The van der Waals surface area contributed by atoms with Crippen molar-refractivity contribution in [3.63, 3.8) is 0 Å². The maximum atomic E-state index is 12.4. The van der Waals surface area contributed by atoms with E-state index in [1.165, 1.54) is 0 Å². The van der Waals surface area contributed by atoms with Crippen LogP contribution in [0.15, 0.2) is 36.4 Å². The van der Waals surface area contributed by atoms with Crippen molar-refractivity contribution < 1.29 is 9.90 Å². The number of phenols is 1. The van der Waals surface area contributed by atoms with Crippen LogP contribution in [-0.4, -0.2) is 29.1 Å². The van der Waals surface area contributed by atoms with Gasteiger partial charge in [-0.2, -0.15) is 0 Å². The zero-order valence-electron chi connectivity index (χ0n) is 17.0. The van der Waals surface area contributed by atoms with E-state index < -0.39 is 0 Å². The van der Waals surface area contributed by atoms with Crippen molar-refractivity contribution in [3.05, 3.63) is 42.0 Å². The molecule has 3 rings (SSSR count). The minimum absolute atomic E-state index is 0.0135. The minimum atomic E-state index is -0.0586. The second-order valence-electron chi connectivity index (χ2n) is 8.57. The molecule has 1 aliphatic heterocycles. The standard InChI is InChI=1S/C22H30N4O2/c1-22(2,3)14-20(28)24-18-10-11-19(25-21(18)26-12-4-5-13-26)23-15-16-6-8-17(27)9-7-16/h6-11,27H,4-5,12-15H2,1-3H3,(H,23,25)(H,24,28). The molecule has 150 valence electrons. The molecule has 2 heterocycles. The van der Waals surface area contributed by atoms with Crippen molar-refractivity contribution >= 4 is 23.2 Å². The Bertz CT molecular complexity index is 806. The molecule has 1 fully saturated rings. The molecule has 0 radical (unpaired) electrons. The number of carbonyl (C=O) groups excluding carboxylic acids is 1. The minimum Gasteiger partial charge on any atom is -0.508 e. The first-order valence-electron chi connectivity index (χ1n) is 9.88. The topological polar surface area (TPSA) is 77.5 Å². The van der Waals surface area contributed by atoms with Gasteiger partial charge in [-0.15, -0.1) is 0 Å². The van der Waals surface area contributed by atoms with E-state index in [4.69, 9.17) is 4.98 Å². The maximum absolute atomic E-state index is 12.4. The zero-order valence-corrected chi connectivity index (χ0v) is 17.0. The highest BCUT2D eigenvalue weighted by Gasteiger charge is 2.21. The summed E-state index contributed by atoms with van der Waals surface area (Å²) in [4.78, 5) is 19.4. The molecule has 1 aliphatic rings. The van der Waals surface area contributed by atoms with Crippen molar-refractivity contribution in [2.24, 2.45) is 5.41 Å². The number of hydrogen-bond donors (Lipinski definition) is 3. The van der Waals surface area contributed by atoms with Gasteiger partial charge in [0.2, 0.25) is 5.91 Å². The summed E-state index contributed by atoms with van der Waals surface area (Å²) >= 11 is 0. The first kappa shape index (κ1) is 20.0. The summed E-state index contributed by atoms with van der Waals surface area (Å²) in [6.07, 6.45) is 2.75. The number of anilines is 3. The first-order valence-corrected chi connectivity index (χ1v) is 9.88. The van der Waals surface area contributed by atoms with E-state index in [-0.39, 0.29) is 17.1 Å². The Morgan fingerprint density at radius 3 is 2.43 bits per heavy atom. The fourth-order valence-electron chi connectivity index (χ4n) is 3.30. The Balaban J connectivity index is 1.75. The highest BCUT2D eigenvalue weighted by molar-refractivity contribution is 5.94. The van der Waals surface area contributed by atoms with Crippen molar-refractivity contribution in [1.82, 2.24) is 4.98 Å². The van der Waals surface area contributed by atoms with E-state index in [9.17, 15) is 9.90 Å².